The Morgan fingerprint density at radius 3 is 2.63 bits per heavy atom. The first-order valence-electron chi connectivity index (χ1n) is 12.8. The zero-order valence-corrected chi connectivity index (χ0v) is 21.1. The monoisotopic (exact) mass is 495 g/mol. The maximum atomic E-state index is 12.7. The normalized spacial score (nSPS) is 19.8. The van der Waals surface area contributed by atoms with Crippen LogP contribution in [0.15, 0.2) is 36.4 Å². The second-order valence-corrected chi connectivity index (χ2v) is 10.4. The summed E-state index contributed by atoms with van der Waals surface area (Å²) in [6, 6.07) is 11.4. The van der Waals surface area contributed by atoms with E-state index < -0.39 is 0 Å². The minimum absolute atomic E-state index is 0.0736. The highest BCUT2D eigenvalue weighted by Crippen LogP contribution is 2.25. The molecule has 1 amide bonds. The van der Waals surface area contributed by atoms with Crippen LogP contribution in [0.25, 0.3) is 17.0 Å². The van der Waals surface area contributed by atoms with Crippen LogP contribution in [0.1, 0.15) is 39.0 Å². The molecule has 0 aliphatic carbocycles. The van der Waals surface area contributed by atoms with E-state index in [1.807, 2.05) is 36.4 Å². The van der Waals surface area contributed by atoms with Gasteiger partial charge in [0.25, 0.3) is 0 Å². The quantitative estimate of drug-likeness (QED) is 0.501. The first-order chi connectivity index (χ1) is 17.1. The molecule has 35 heavy (non-hydrogen) atoms. The lowest BCUT2D eigenvalue weighted by molar-refractivity contribution is -0.125. The van der Waals surface area contributed by atoms with Gasteiger partial charge in [-0.1, -0.05) is 18.5 Å². The van der Waals surface area contributed by atoms with Gasteiger partial charge in [-0.05, 0) is 87.5 Å². The topological polar surface area (TPSA) is 78.7 Å². The molecule has 1 atom stereocenters. The third kappa shape index (κ3) is 5.76. The molecule has 8 nitrogen and oxygen atoms in total. The van der Waals surface area contributed by atoms with Gasteiger partial charge in [-0.2, -0.15) is 4.52 Å². The standard InChI is InChI=1S/C26H34ClN7O/c1-19-4-2-14-32(18-19)15-3-13-28-26(35)21-11-16-33(17-12-21)24-10-9-23-29-30-25(34(23)31-24)20-5-7-22(27)8-6-20/h5-10,19,21H,2-4,11-18H2,1H3,(H,28,35)/t19-/m0/s1. The van der Waals surface area contributed by atoms with Crippen LogP contribution in [-0.2, 0) is 4.79 Å². The number of fused-ring (bicyclic) bond motifs is 1. The predicted molar refractivity (Wildman–Crippen MR) is 139 cm³/mol. The van der Waals surface area contributed by atoms with Gasteiger partial charge in [0.05, 0.1) is 0 Å². The van der Waals surface area contributed by atoms with Crippen LogP contribution in [0.4, 0.5) is 5.82 Å². The molecule has 1 N–H and O–H groups in total. The fraction of sp³-hybridized carbons (Fsp3) is 0.538. The van der Waals surface area contributed by atoms with Crippen LogP contribution < -0.4 is 10.2 Å². The molecule has 0 unspecified atom stereocenters. The fourth-order valence-electron chi connectivity index (χ4n) is 5.25. The second-order valence-electron chi connectivity index (χ2n) is 9.95. The molecule has 2 aliphatic rings. The molecule has 2 fully saturated rings. The first-order valence-corrected chi connectivity index (χ1v) is 13.2. The summed E-state index contributed by atoms with van der Waals surface area (Å²) in [4.78, 5) is 17.5. The van der Waals surface area contributed by atoms with Crippen LogP contribution in [-0.4, -0.2) is 69.9 Å². The highest BCUT2D eigenvalue weighted by atomic mass is 35.5. The Balaban J connectivity index is 1.13. The number of amides is 1. The van der Waals surface area contributed by atoms with Crippen LogP contribution in [0.5, 0.6) is 0 Å². The van der Waals surface area contributed by atoms with E-state index in [0.29, 0.717) is 16.5 Å². The summed E-state index contributed by atoms with van der Waals surface area (Å²) in [6.07, 6.45) is 5.34. The number of carbonyl (C=O) groups is 1. The van der Waals surface area contributed by atoms with E-state index in [1.165, 1.54) is 25.9 Å². The van der Waals surface area contributed by atoms with Crippen LogP contribution in [0, 0.1) is 11.8 Å². The van der Waals surface area contributed by atoms with Crippen molar-refractivity contribution in [1.29, 1.82) is 0 Å². The lowest BCUT2D eigenvalue weighted by atomic mass is 9.96. The number of benzene rings is 1. The fourth-order valence-corrected chi connectivity index (χ4v) is 5.37. The largest absolute Gasteiger partial charge is 0.356 e. The van der Waals surface area contributed by atoms with Gasteiger partial charge in [-0.25, -0.2) is 0 Å². The number of aromatic nitrogens is 4. The van der Waals surface area contributed by atoms with Crippen molar-refractivity contribution in [2.75, 3.05) is 44.2 Å². The molecule has 1 aromatic carbocycles. The van der Waals surface area contributed by atoms with E-state index >= 15 is 0 Å². The van der Waals surface area contributed by atoms with Gasteiger partial charge < -0.3 is 15.1 Å². The molecule has 4 heterocycles. The molecule has 0 bridgehead atoms. The molecular formula is C26H34ClN7O. The number of anilines is 1. The Kier molecular flexibility index (Phi) is 7.48. The minimum Gasteiger partial charge on any atom is -0.356 e. The summed E-state index contributed by atoms with van der Waals surface area (Å²) < 4.78 is 1.78. The number of carbonyl (C=O) groups excluding carboxylic acids is 1. The van der Waals surface area contributed by atoms with Gasteiger partial charge in [0, 0.05) is 42.7 Å². The Labute approximate surface area is 211 Å². The Morgan fingerprint density at radius 1 is 1.06 bits per heavy atom. The molecule has 3 aromatic rings. The number of halogens is 1. The van der Waals surface area contributed by atoms with E-state index in [-0.39, 0.29) is 11.8 Å². The maximum absolute atomic E-state index is 12.7. The molecule has 2 aromatic heterocycles. The van der Waals surface area contributed by atoms with E-state index in [9.17, 15) is 4.79 Å². The lowest BCUT2D eigenvalue weighted by Gasteiger charge is -2.32. The molecule has 2 aliphatic heterocycles. The van der Waals surface area contributed by atoms with E-state index in [1.54, 1.807) is 4.52 Å². The predicted octanol–water partition coefficient (Wildman–Crippen LogP) is 3.90. The van der Waals surface area contributed by atoms with Gasteiger partial charge >= 0.3 is 0 Å². The van der Waals surface area contributed by atoms with E-state index in [4.69, 9.17) is 16.7 Å². The SMILES string of the molecule is C[C@H]1CCCN(CCCNC(=O)C2CCN(c3ccc4nnc(-c5ccc(Cl)cc5)n4n3)CC2)C1. The van der Waals surface area contributed by atoms with Crippen molar-refractivity contribution in [2.45, 2.75) is 39.0 Å². The molecule has 2 saturated heterocycles. The van der Waals surface area contributed by atoms with Gasteiger partial charge in [0.15, 0.2) is 11.5 Å². The number of hydrogen-bond donors (Lipinski definition) is 1. The number of likely N-dealkylation sites (tertiary alicyclic amines) is 1. The van der Waals surface area contributed by atoms with Gasteiger partial charge in [0.1, 0.15) is 5.82 Å². The molecule has 5 rings (SSSR count). The highest BCUT2D eigenvalue weighted by Gasteiger charge is 2.26. The number of nitrogens with zero attached hydrogens (tertiary/aromatic N) is 6. The Morgan fingerprint density at radius 2 is 1.86 bits per heavy atom. The molecule has 186 valence electrons. The number of nitrogens with one attached hydrogen (secondary N) is 1. The smallest absolute Gasteiger partial charge is 0.223 e. The summed E-state index contributed by atoms with van der Waals surface area (Å²) in [5.74, 6) is 2.63. The van der Waals surface area contributed by atoms with Crippen LogP contribution in [0.3, 0.4) is 0 Å². The van der Waals surface area contributed by atoms with Crippen molar-refractivity contribution in [2.24, 2.45) is 11.8 Å². The number of rotatable bonds is 7. The molecule has 0 radical (unpaired) electrons. The van der Waals surface area contributed by atoms with E-state index in [2.05, 4.69) is 32.2 Å². The zero-order chi connectivity index (χ0) is 24.2. The summed E-state index contributed by atoms with van der Waals surface area (Å²) >= 11 is 6.03. The van der Waals surface area contributed by atoms with Crippen molar-refractivity contribution < 1.29 is 4.79 Å². The lowest BCUT2D eigenvalue weighted by Crippen LogP contribution is -2.42. The molecule has 0 spiro atoms. The van der Waals surface area contributed by atoms with Gasteiger partial charge in [0.2, 0.25) is 5.91 Å². The third-order valence-corrected chi connectivity index (χ3v) is 7.48. The molecular weight excluding hydrogens is 462 g/mol. The Hall–Kier alpha value is -2.71. The van der Waals surface area contributed by atoms with Crippen molar-refractivity contribution in [3.63, 3.8) is 0 Å². The third-order valence-electron chi connectivity index (χ3n) is 7.23. The maximum Gasteiger partial charge on any atom is 0.223 e. The number of hydrogen-bond acceptors (Lipinski definition) is 6. The molecule has 9 heteroatoms. The summed E-state index contributed by atoms with van der Waals surface area (Å²) in [5, 5.41) is 17.2. The van der Waals surface area contributed by atoms with Crippen molar-refractivity contribution in [3.8, 4) is 11.4 Å². The van der Waals surface area contributed by atoms with Crippen LogP contribution in [0.2, 0.25) is 5.02 Å². The summed E-state index contributed by atoms with van der Waals surface area (Å²) in [6.45, 7) is 8.19. The van der Waals surface area contributed by atoms with Crippen molar-refractivity contribution in [3.05, 3.63) is 41.4 Å². The summed E-state index contributed by atoms with van der Waals surface area (Å²) in [7, 11) is 0. The first kappa shape index (κ1) is 24.0. The highest BCUT2D eigenvalue weighted by molar-refractivity contribution is 6.30. The minimum atomic E-state index is 0.0736. The Bertz CT molecular complexity index is 1140. The van der Waals surface area contributed by atoms with Crippen LogP contribution >= 0.6 is 11.6 Å². The summed E-state index contributed by atoms with van der Waals surface area (Å²) in [5.41, 5.74) is 1.61. The number of piperidine rings is 2. The molecule has 0 saturated carbocycles. The average molecular weight is 496 g/mol. The zero-order valence-electron chi connectivity index (χ0n) is 20.4. The van der Waals surface area contributed by atoms with E-state index in [0.717, 1.165) is 62.7 Å². The van der Waals surface area contributed by atoms with Crippen molar-refractivity contribution in [1.82, 2.24) is 30.0 Å². The van der Waals surface area contributed by atoms with Gasteiger partial charge in [-0.3, -0.25) is 4.79 Å². The average Bonchev–Trinajstić information content (AvgIpc) is 3.30. The second kappa shape index (κ2) is 10.9. The van der Waals surface area contributed by atoms with Gasteiger partial charge in [-0.15, -0.1) is 15.3 Å². The van der Waals surface area contributed by atoms with Crippen molar-refractivity contribution >= 4 is 29.0 Å².